The smallest absolute Gasteiger partial charge is 0.147 e. The number of phenolic OH excluding ortho intramolecular Hbond substituents is 4. The van der Waals surface area contributed by atoms with E-state index in [2.05, 4.69) is 51.4 Å². The Morgan fingerprint density at radius 3 is 2.11 bits per heavy atom. The molecule has 2 aromatic carbocycles. The number of nitrogens with zero attached hydrogens (tertiary/aromatic N) is 10. The maximum atomic E-state index is 10.0. The number of hydrogen-bond acceptors (Lipinski definition) is 13. The van der Waals surface area contributed by atoms with Gasteiger partial charge in [-0.05, 0) is 24.3 Å². The summed E-state index contributed by atoms with van der Waals surface area (Å²) in [6.45, 7) is 0. The molecule has 0 amide bonds. The van der Waals surface area contributed by atoms with Crippen molar-refractivity contribution >= 4 is 29.1 Å². The van der Waals surface area contributed by atoms with Gasteiger partial charge in [-0.3, -0.25) is 5.10 Å². The summed E-state index contributed by atoms with van der Waals surface area (Å²) < 4.78 is 0. The molecule has 0 atom stereocenters. The van der Waals surface area contributed by atoms with Crippen molar-refractivity contribution in [1.29, 1.82) is 0 Å². The maximum Gasteiger partial charge on any atom is 0.147 e. The van der Waals surface area contributed by atoms with Gasteiger partial charge < -0.3 is 25.9 Å². The lowest BCUT2D eigenvalue weighted by Crippen LogP contribution is -2.15. The minimum absolute atomic E-state index is 0.0795. The second-order valence-electron chi connectivity index (χ2n) is 7.70. The molecule has 2 heterocycles. The fourth-order valence-corrected chi connectivity index (χ4v) is 3.53. The van der Waals surface area contributed by atoms with Crippen LogP contribution < -0.4 is 10.8 Å². The summed E-state index contributed by atoms with van der Waals surface area (Å²) >= 11 is 0. The van der Waals surface area contributed by atoms with Crippen LogP contribution in [-0.2, 0) is 0 Å². The van der Waals surface area contributed by atoms with Crippen LogP contribution in [0, 0.1) is 0 Å². The average Bonchev–Trinajstić information content (AvgIpc) is 3.50. The van der Waals surface area contributed by atoms with Crippen molar-refractivity contribution < 1.29 is 20.4 Å². The average molecular weight is 516 g/mol. The number of rotatable bonds is 6. The highest BCUT2D eigenvalue weighted by atomic mass is 16.3. The van der Waals surface area contributed by atoms with Crippen molar-refractivity contribution in [3.8, 4) is 34.4 Å². The molecule has 0 saturated carbocycles. The van der Waals surface area contributed by atoms with Gasteiger partial charge in [0.25, 0.3) is 0 Å². The van der Waals surface area contributed by atoms with Gasteiger partial charge in [0.2, 0.25) is 0 Å². The molecule has 16 nitrogen and oxygen atoms in total. The fourth-order valence-electron chi connectivity index (χ4n) is 3.53. The number of benzene rings is 3. The number of aromatic hydroxyl groups is 4. The highest BCUT2D eigenvalue weighted by molar-refractivity contribution is 5.95. The molecule has 1 aromatic heterocycles. The molecule has 38 heavy (non-hydrogen) atoms. The Labute approximate surface area is 212 Å². The van der Waals surface area contributed by atoms with Crippen LogP contribution >= 0.6 is 0 Å². The van der Waals surface area contributed by atoms with Crippen molar-refractivity contribution in [1.82, 2.24) is 35.6 Å². The molecule has 1 aliphatic heterocycles. The fraction of sp³-hybridized carbons (Fsp3) is 0.0909. The number of aromatic amines is 1. The molecule has 0 spiro atoms. The number of hydrogen-bond donors (Lipinski definition) is 6. The Morgan fingerprint density at radius 2 is 1.50 bits per heavy atom. The van der Waals surface area contributed by atoms with Crippen molar-refractivity contribution in [2.24, 2.45) is 25.5 Å². The first-order chi connectivity index (χ1) is 18.4. The van der Waals surface area contributed by atoms with E-state index >= 15 is 0 Å². The SMILES string of the molecule is CN=Nc1c2[nH]n(N=Cc3ccc(O)cc3O)nc-2c(=NNC)c2nn(N=Cc3ccc(O)cc3O)nc12. The van der Waals surface area contributed by atoms with Gasteiger partial charge in [0.15, 0.2) is 0 Å². The lowest BCUT2D eigenvalue weighted by atomic mass is 10.1. The molecule has 0 bridgehead atoms. The predicted octanol–water partition coefficient (Wildman–Crippen LogP) is 1.40. The number of azo groups is 1. The molecule has 16 heteroatoms. The lowest BCUT2D eigenvalue weighted by molar-refractivity contribution is 0.449. The topological polar surface area (TPSA) is 219 Å². The number of nitrogens with one attached hydrogen (secondary N) is 2. The summed E-state index contributed by atoms with van der Waals surface area (Å²) in [5, 5.41) is 76.3. The third kappa shape index (κ3) is 4.43. The molecule has 6 N–H and O–H groups in total. The van der Waals surface area contributed by atoms with Crippen molar-refractivity contribution in [3.05, 3.63) is 52.9 Å². The zero-order valence-corrected chi connectivity index (χ0v) is 19.9. The van der Waals surface area contributed by atoms with E-state index in [4.69, 9.17) is 0 Å². The van der Waals surface area contributed by atoms with E-state index in [9.17, 15) is 20.4 Å². The van der Waals surface area contributed by atoms with Crippen LogP contribution in [-0.4, -0.2) is 77.2 Å². The zero-order valence-electron chi connectivity index (χ0n) is 19.9. The van der Waals surface area contributed by atoms with Gasteiger partial charge in [-0.2, -0.15) is 15.3 Å². The molecule has 1 aliphatic carbocycles. The minimum atomic E-state index is -0.167. The molecule has 0 unspecified atom stereocenters. The van der Waals surface area contributed by atoms with Gasteiger partial charge in [-0.15, -0.1) is 25.5 Å². The van der Waals surface area contributed by atoms with Gasteiger partial charge in [0, 0.05) is 37.4 Å². The highest BCUT2D eigenvalue weighted by Gasteiger charge is 2.25. The normalized spacial score (nSPS) is 12.7. The van der Waals surface area contributed by atoms with E-state index < -0.39 is 0 Å². The number of fused-ring (bicyclic) bond motifs is 2. The molecular weight excluding hydrogens is 496 g/mol. The van der Waals surface area contributed by atoms with E-state index in [1.54, 1.807) is 7.05 Å². The maximum absolute atomic E-state index is 10.0. The summed E-state index contributed by atoms with van der Waals surface area (Å²) in [5.41, 5.74) is 5.06. The van der Waals surface area contributed by atoms with Crippen LogP contribution in [0.5, 0.6) is 23.0 Å². The first kappa shape index (κ1) is 23.9. The third-order valence-electron chi connectivity index (χ3n) is 5.21. The summed E-state index contributed by atoms with van der Waals surface area (Å²) in [6, 6.07) is 8.19. The van der Waals surface area contributed by atoms with E-state index in [0.29, 0.717) is 44.6 Å². The Bertz CT molecular complexity index is 1720. The summed E-state index contributed by atoms with van der Waals surface area (Å²) in [6.07, 6.45) is 2.68. The van der Waals surface area contributed by atoms with E-state index in [1.807, 2.05) is 0 Å². The third-order valence-corrected chi connectivity index (χ3v) is 5.21. The van der Waals surface area contributed by atoms with E-state index in [-0.39, 0.29) is 23.0 Å². The van der Waals surface area contributed by atoms with Crippen molar-refractivity contribution in [2.45, 2.75) is 0 Å². The first-order valence-electron chi connectivity index (χ1n) is 10.9. The van der Waals surface area contributed by atoms with Crippen LogP contribution in [0.25, 0.3) is 22.4 Å². The lowest BCUT2D eigenvalue weighted by Gasteiger charge is -2.01. The van der Waals surface area contributed by atoms with Gasteiger partial charge in [0.05, 0.1) is 12.4 Å². The largest absolute Gasteiger partial charge is 0.508 e. The van der Waals surface area contributed by atoms with Crippen LogP contribution in [0.4, 0.5) is 5.69 Å². The standard InChI is InChI=1S/C22H20N12O4/c1-23-27-17-19-21(31-33(29-19)25-9-11-3-5-13(35)7-15(11)37)18(28-24-2)22-20(17)30-34(32-22)26-10-12-4-6-14(36)8-16(12)38/h3-10,23,31,35-38H,1-2H3. The Kier molecular flexibility index (Phi) is 6.10. The van der Waals surface area contributed by atoms with Crippen LogP contribution in [0.2, 0.25) is 0 Å². The monoisotopic (exact) mass is 516 g/mol. The molecule has 0 fully saturated rings. The van der Waals surface area contributed by atoms with E-state index in [0.717, 1.165) is 9.81 Å². The van der Waals surface area contributed by atoms with Crippen LogP contribution in [0.15, 0.2) is 61.9 Å². The van der Waals surface area contributed by atoms with Gasteiger partial charge in [-0.25, -0.2) is 0 Å². The molecule has 0 radical (unpaired) electrons. The highest BCUT2D eigenvalue weighted by Crippen LogP contribution is 2.33. The van der Waals surface area contributed by atoms with Gasteiger partial charge in [0.1, 0.15) is 56.5 Å². The minimum Gasteiger partial charge on any atom is -0.508 e. The van der Waals surface area contributed by atoms with Crippen molar-refractivity contribution in [2.75, 3.05) is 14.1 Å². The molecular formula is C22H20N12O4. The Hall–Kier alpha value is -5.80. The summed E-state index contributed by atoms with van der Waals surface area (Å²) in [7, 11) is 3.11. The molecule has 5 rings (SSSR count). The summed E-state index contributed by atoms with van der Waals surface area (Å²) in [4.78, 5) is 2.19. The Balaban J connectivity index is 1.64. The van der Waals surface area contributed by atoms with Crippen molar-refractivity contribution in [3.63, 3.8) is 0 Å². The van der Waals surface area contributed by atoms with Gasteiger partial charge >= 0.3 is 0 Å². The van der Waals surface area contributed by atoms with Crippen LogP contribution in [0.3, 0.4) is 0 Å². The predicted molar refractivity (Wildman–Crippen MR) is 135 cm³/mol. The number of aromatic nitrogens is 6. The second-order valence-corrected chi connectivity index (χ2v) is 7.70. The molecule has 0 saturated heterocycles. The summed E-state index contributed by atoms with van der Waals surface area (Å²) in [5.74, 6) is -0.488. The number of phenols is 4. The molecule has 192 valence electrons. The molecule has 2 aliphatic rings. The zero-order chi connectivity index (χ0) is 26.8. The number of H-pyrrole nitrogens is 1. The quantitative estimate of drug-likeness (QED) is 0.110. The van der Waals surface area contributed by atoms with Crippen LogP contribution in [0.1, 0.15) is 11.1 Å². The Morgan fingerprint density at radius 1 is 0.868 bits per heavy atom. The second kappa shape index (κ2) is 9.69. The first-order valence-corrected chi connectivity index (χ1v) is 10.9. The van der Waals surface area contributed by atoms with Gasteiger partial charge in [-0.1, -0.05) is 9.81 Å². The van der Waals surface area contributed by atoms with E-state index in [1.165, 1.54) is 55.9 Å². The molecule has 3 aromatic rings.